The van der Waals surface area contributed by atoms with E-state index in [1.807, 2.05) is 30.3 Å². The largest absolute Gasteiger partial charge is 0.489 e. The molecule has 0 bridgehead atoms. The summed E-state index contributed by atoms with van der Waals surface area (Å²) in [6.07, 6.45) is 2.03. The van der Waals surface area contributed by atoms with Crippen LogP contribution in [0.4, 0.5) is 4.39 Å². The third kappa shape index (κ3) is 5.52. The van der Waals surface area contributed by atoms with Crippen molar-refractivity contribution in [3.63, 3.8) is 0 Å². The predicted molar refractivity (Wildman–Crippen MR) is 125 cm³/mol. The molecule has 3 rings (SSSR count). The van der Waals surface area contributed by atoms with Crippen LogP contribution >= 0.6 is 0 Å². The van der Waals surface area contributed by atoms with Crippen molar-refractivity contribution in [3.05, 3.63) is 88.6 Å². The van der Waals surface area contributed by atoms with Gasteiger partial charge in [0.05, 0.1) is 0 Å². The second kappa shape index (κ2) is 10.2. The van der Waals surface area contributed by atoms with Crippen molar-refractivity contribution >= 4 is 15.7 Å². The van der Waals surface area contributed by atoms with E-state index in [1.165, 1.54) is 47.4 Å². The van der Waals surface area contributed by atoms with Gasteiger partial charge in [-0.2, -0.15) is 0 Å². The highest BCUT2D eigenvalue weighted by molar-refractivity contribution is 7.92. The van der Waals surface area contributed by atoms with Gasteiger partial charge < -0.3 is 9.30 Å². The van der Waals surface area contributed by atoms with Gasteiger partial charge in [-0.3, -0.25) is 14.8 Å². The first-order chi connectivity index (χ1) is 16.0. The summed E-state index contributed by atoms with van der Waals surface area (Å²) in [6.45, 7) is 1.35. The summed E-state index contributed by atoms with van der Waals surface area (Å²) in [7, 11) is -3.89. The molecule has 1 atom stereocenters. The Morgan fingerprint density at radius 2 is 1.85 bits per heavy atom. The van der Waals surface area contributed by atoms with Crippen molar-refractivity contribution in [3.8, 4) is 16.9 Å². The van der Waals surface area contributed by atoms with Crippen LogP contribution in [0.3, 0.4) is 0 Å². The van der Waals surface area contributed by atoms with Crippen molar-refractivity contribution in [1.29, 1.82) is 0 Å². The lowest BCUT2D eigenvalue weighted by atomic mass is 10.1. The maximum absolute atomic E-state index is 14.7. The first-order valence-electron chi connectivity index (χ1n) is 10.4. The SMILES string of the molecule is C[C@@](CCn1ccc(-c2ccc(OCc3ccccc3)cc2F)cc1=O)(C(=O)NO)S(C)(=O)=O. The number of nitrogens with one attached hydrogen (secondary N) is 1. The number of halogens is 1. The third-order valence-electron chi connectivity index (χ3n) is 5.73. The highest BCUT2D eigenvalue weighted by Crippen LogP contribution is 2.26. The average Bonchev–Trinajstić information content (AvgIpc) is 2.81. The first kappa shape index (κ1) is 25.1. The molecule has 34 heavy (non-hydrogen) atoms. The lowest BCUT2D eigenvalue weighted by molar-refractivity contribution is -0.131. The molecule has 10 heteroatoms. The molecular formula is C24H25FN2O6S. The molecule has 0 aliphatic rings. The zero-order chi connectivity index (χ0) is 24.9. The van der Waals surface area contributed by atoms with E-state index in [0.29, 0.717) is 11.3 Å². The molecule has 0 unspecified atom stereocenters. The Morgan fingerprint density at radius 1 is 1.15 bits per heavy atom. The van der Waals surface area contributed by atoms with Gasteiger partial charge in [-0.05, 0) is 42.7 Å². The van der Waals surface area contributed by atoms with E-state index in [9.17, 15) is 22.4 Å². The maximum atomic E-state index is 14.7. The number of hydrogen-bond acceptors (Lipinski definition) is 6. The van der Waals surface area contributed by atoms with E-state index < -0.39 is 31.9 Å². The number of amides is 1. The second-order valence-corrected chi connectivity index (χ2v) is 10.5. The van der Waals surface area contributed by atoms with Gasteiger partial charge in [0.2, 0.25) is 0 Å². The van der Waals surface area contributed by atoms with Crippen LogP contribution in [0.15, 0.2) is 71.7 Å². The molecule has 2 N–H and O–H groups in total. The molecule has 1 heterocycles. The van der Waals surface area contributed by atoms with E-state index in [0.717, 1.165) is 11.8 Å². The summed E-state index contributed by atoms with van der Waals surface area (Å²) in [5.74, 6) is -1.30. The average molecular weight is 489 g/mol. The van der Waals surface area contributed by atoms with Crippen molar-refractivity contribution < 1.29 is 27.5 Å². The summed E-state index contributed by atoms with van der Waals surface area (Å²) in [5.41, 5.74) is 2.36. The van der Waals surface area contributed by atoms with Gasteiger partial charge in [0.15, 0.2) is 14.6 Å². The van der Waals surface area contributed by atoms with Crippen LogP contribution < -0.4 is 15.8 Å². The number of rotatable bonds is 9. The van der Waals surface area contributed by atoms with Crippen LogP contribution in [0.1, 0.15) is 18.9 Å². The van der Waals surface area contributed by atoms with E-state index >= 15 is 0 Å². The van der Waals surface area contributed by atoms with Crippen LogP contribution in [0.2, 0.25) is 0 Å². The molecule has 0 radical (unpaired) electrons. The Hall–Kier alpha value is -3.50. The fraction of sp³-hybridized carbons (Fsp3) is 0.250. The standard InChI is InChI=1S/C24H25FN2O6S/c1-24(23(29)26-30,34(2,31)32)11-13-27-12-10-18(14-22(27)28)20-9-8-19(15-21(20)25)33-16-17-6-4-3-5-7-17/h3-10,12,14-15,30H,11,13,16H2,1-2H3,(H,26,29)/t24-/m1/s1. The molecule has 0 spiro atoms. The topological polar surface area (TPSA) is 115 Å². The van der Waals surface area contributed by atoms with Gasteiger partial charge >= 0.3 is 0 Å². The molecule has 0 fully saturated rings. The molecule has 2 aromatic carbocycles. The minimum absolute atomic E-state index is 0.106. The minimum atomic E-state index is -3.89. The van der Waals surface area contributed by atoms with Gasteiger partial charge in [-0.1, -0.05) is 30.3 Å². The van der Waals surface area contributed by atoms with Gasteiger partial charge in [-0.15, -0.1) is 0 Å². The normalized spacial score (nSPS) is 13.2. The number of aromatic nitrogens is 1. The lowest BCUT2D eigenvalue weighted by Crippen LogP contribution is -2.49. The van der Waals surface area contributed by atoms with E-state index in [4.69, 9.17) is 9.94 Å². The number of aryl methyl sites for hydroxylation is 1. The number of ether oxygens (including phenoxy) is 1. The molecular weight excluding hydrogens is 463 g/mol. The number of benzene rings is 2. The Bertz CT molecular complexity index is 1340. The first-order valence-corrected chi connectivity index (χ1v) is 12.3. The van der Waals surface area contributed by atoms with E-state index in [1.54, 1.807) is 6.07 Å². The number of nitrogens with zero attached hydrogens (tertiary/aromatic N) is 1. The fourth-order valence-corrected chi connectivity index (χ4v) is 4.18. The highest BCUT2D eigenvalue weighted by Gasteiger charge is 2.43. The number of carbonyl (C=O) groups is 1. The van der Waals surface area contributed by atoms with Crippen molar-refractivity contribution in [2.75, 3.05) is 6.26 Å². The lowest BCUT2D eigenvalue weighted by Gasteiger charge is -2.25. The number of carbonyl (C=O) groups excluding carboxylic acids is 1. The number of sulfone groups is 1. The zero-order valence-electron chi connectivity index (χ0n) is 18.7. The molecule has 180 valence electrons. The minimum Gasteiger partial charge on any atom is -0.489 e. The van der Waals surface area contributed by atoms with Crippen LogP contribution in [0, 0.1) is 5.82 Å². The summed E-state index contributed by atoms with van der Waals surface area (Å²) < 4.78 is 43.8. The van der Waals surface area contributed by atoms with E-state index in [2.05, 4.69) is 0 Å². The summed E-state index contributed by atoms with van der Waals surface area (Å²) in [6, 6.07) is 16.6. The highest BCUT2D eigenvalue weighted by atomic mass is 32.2. The summed E-state index contributed by atoms with van der Waals surface area (Å²) in [5, 5.41) is 8.91. The maximum Gasteiger partial charge on any atom is 0.264 e. The number of pyridine rings is 1. The fourth-order valence-electron chi connectivity index (χ4n) is 3.34. The smallest absolute Gasteiger partial charge is 0.264 e. The monoisotopic (exact) mass is 488 g/mol. The second-order valence-electron chi connectivity index (χ2n) is 8.06. The zero-order valence-corrected chi connectivity index (χ0v) is 19.5. The third-order valence-corrected chi connectivity index (χ3v) is 7.75. The van der Waals surface area contributed by atoms with Gasteiger partial charge in [0.25, 0.3) is 11.5 Å². The molecule has 8 nitrogen and oxygen atoms in total. The van der Waals surface area contributed by atoms with Crippen molar-refractivity contribution in [2.24, 2.45) is 0 Å². The quantitative estimate of drug-likeness (QED) is 0.354. The van der Waals surface area contributed by atoms with Crippen LogP contribution in [-0.2, 0) is 27.8 Å². The number of hydrogen-bond donors (Lipinski definition) is 2. The Morgan fingerprint density at radius 3 is 2.44 bits per heavy atom. The van der Waals surface area contributed by atoms with Crippen LogP contribution in [0.5, 0.6) is 5.75 Å². The van der Waals surface area contributed by atoms with Gasteiger partial charge in [0, 0.05) is 36.7 Å². The summed E-state index contributed by atoms with van der Waals surface area (Å²) in [4.78, 5) is 24.5. The molecule has 0 aliphatic heterocycles. The van der Waals surface area contributed by atoms with E-state index in [-0.39, 0.29) is 25.1 Å². The van der Waals surface area contributed by atoms with Crippen LogP contribution in [-0.4, -0.2) is 35.1 Å². The Balaban J connectivity index is 1.75. The van der Waals surface area contributed by atoms with Gasteiger partial charge in [-0.25, -0.2) is 18.3 Å². The van der Waals surface area contributed by atoms with Crippen molar-refractivity contribution in [1.82, 2.24) is 10.0 Å². The molecule has 0 saturated heterocycles. The van der Waals surface area contributed by atoms with Crippen molar-refractivity contribution in [2.45, 2.75) is 31.2 Å². The molecule has 0 saturated carbocycles. The predicted octanol–water partition coefficient (Wildman–Crippen LogP) is 2.93. The summed E-state index contributed by atoms with van der Waals surface area (Å²) >= 11 is 0. The van der Waals surface area contributed by atoms with Crippen LogP contribution in [0.25, 0.3) is 11.1 Å². The number of hydroxylamine groups is 1. The van der Waals surface area contributed by atoms with Gasteiger partial charge in [0.1, 0.15) is 18.2 Å². The molecule has 0 aliphatic carbocycles. The molecule has 3 aromatic rings. The molecule has 1 amide bonds. The Labute approximate surface area is 196 Å². The molecule has 1 aromatic heterocycles. The Kier molecular flexibility index (Phi) is 7.53.